The molecule has 4 rings (SSSR count). The summed E-state index contributed by atoms with van der Waals surface area (Å²) in [7, 11) is 3.23. The highest BCUT2D eigenvalue weighted by Gasteiger charge is 2.37. The molecule has 1 aliphatic carbocycles. The summed E-state index contributed by atoms with van der Waals surface area (Å²) >= 11 is 0. The van der Waals surface area contributed by atoms with Gasteiger partial charge in [-0.3, -0.25) is 9.69 Å². The number of hydrogen-bond donors (Lipinski definition) is 0. The highest BCUT2D eigenvalue weighted by atomic mass is 16.5. The average Bonchev–Trinajstić information content (AvgIpc) is 3.29. The second-order valence-corrected chi connectivity index (χ2v) is 7.14. The zero-order chi connectivity index (χ0) is 19.0. The number of nitrogens with zero attached hydrogens (tertiary/aromatic N) is 1. The Labute approximate surface area is 159 Å². The Morgan fingerprint density at radius 1 is 0.963 bits per heavy atom. The molecule has 2 aromatic rings. The molecule has 1 fully saturated rings. The fourth-order valence-electron chi connectivity index (χ4n) is 4.14. The van der Waals surface area contributed by atoms with Crippen LogP contribution in [0.1, 0.15) is 54.6 Å². The van der Waals surface area contributed by atoms with Crippen molar-refractivity contribution >= 4 is 11.6 Å². The number of carbonyl (C=O) groups excluding carboxylic acids is 1. The van der Waals surface area contributed by atoms with E-state index in [1.165, 1.54) is 12.8 Å². The van der Waals surface area contributed by atoms with E-state index in [0.717, 1.165) is 24.0 Å². The molecule has 1 heterocycles. The van der Waals surface area contributed by atoms with Gasteiger partial charge in [-0.1, -0.05) is 18.2 Å². The summed E-state index contributed by atoms with van der Waals surface area (Å²) in [6.07, 6.45) is 4.67. The van der Waals surface area contributed by atoms with Crippen LogP contribution in [0.3, 0.4) is 0 Å². The monoisotopic (exact) mass is 367 g/mol. The van der Waals surface area contributed by atoms with Gasteiger partial charge in [0, 0.05) is 17.7 Å². The van der Waals surface area contributed by atoms with E-state index in [2.05, 4.69) is 0 Å². The molecule has 0 radical (unpaired) electrons. The Kier molecular flexibility index (Phi) is 4.68. The van der Waals surface area contributed by atoms with E-state index in [0.29, 0.717) is 22.9 Å². The topological polar surface area (TPSA) is 48.0 Å². The van der Waals surface area contributed by atoms with Gasteiger partial charge in [0.15, 0.2) is 11.5 Å². The van der Waals surface area contributed by atoms with Crippen LogP contribution in [0, 0.1) is 0 Å². The summed E-state index contributed by atoms with van der Waals surface area (Å²) in [6, 6.07) is 11.4. The normalized spacial score (nSPS) is 19.3. The second kappa shape index (κ2) is 7.14. The summed E-state index contributed by atoms with van der Waals surface area (Å²) in [6.45, 7) is 2.03. The van der Waals surface area contributed by atoms with Crippen LogP contribution < -0.4 is 19.1 Å². The first-order valence-electron chi connectivity index (χ1n) is 9.49. The average molecular weight is 367 g/mol. The van der Waals surface area contributed by atoms with Gasteiger partial charge in [0.05, 0.1) is 32.1 Å². The van der Waals surface area contributed by atoms with Gasteiger partial charge in [0.1, 0.15) is 5.75 Å². The number of carbonyl (C=O) groups is 1. The molecular formula is C22H25NO4. The van der Waals surface area contributed by atoms with Crippen molar-refractivity contribution in [2.75, 3.05) is 19.1 Å². The highest BCUT2D eigenvalue weighted by Crippen LogP contribution is 2.46. The third kappa shape index (κ3) is 3.01. The largest absolute Gasteiger partial charge is 0.494 e. The van der Waals surface area contributed by atoms with E-state index in [9.17, 15) is 4.79 Å². The van der Waals surface area contributed by atoms with Crippen LogP contribution in [0.2, 0.25) is 0 Å². The third-order valence-electron chi connectivity index (χ3n) is 5.57. The van der Waals surface area contributed by atoms with Crippen molar-refractivity contribution in [2.24, 2.45) is 0 Å². The molecule has 0 aromatic heterocycles. The SMILES string of the molecule is COc1cc(OC)c(N2C(=O)c3ccccc3C2C)cc1OC1CCCC1. The van der Waals surface area contributed by atoms with Crippen LogP contribution >= 0.6 is 0 Å². The first-order chi connectivity index (χ1) is 13.1. The van der Waals surface area contributed by atoms with E-state index >= 15 is 0 Å². The molecule has 1 unspecified atom stereocenters. The summed E-state index contributed by atoms with van der Waals surface area (Å²) < 4.78 is 17.3. The van der Waals surface area contributed by atoms with E-state index in [-0.39, 0.29) is 18.1 Å². The lowest BCUT2D eigenvalue weighted by atomic mass is 10.1. The van der Waals surface area contributed by atoms with Crippen molar-refractivity contribution in [3.05, 3.63) is 47.5 Å². The Morgan fingerprint density at radius 3 is 2.33 bits per heavy atom. The fraction of sp³-hybridized carbons (Fsp3) is 0.409. The molecule has 27 heavy (non-hydrogen) atoms. The highest BCUT2D eigenvalue weighted by molar-refractivity contribution is 6.11. The van der Waals surface area contributed by atoms with Gasteiger partial charge in [-0.25, -0.2) is 0 Å². The minimum Gasteiger partial charge on any atom is -0.494 e. The fourth-order valence-corrected chi connectivity index (χ4v) is 4.14. The Balaban J connectivity index is 1.76. The number of anilines is 1. The number of benzene rings is 2. The molecule has 5 heteroatoms. The number of amides is 1. The molecule has 0 saturated heterocycles. The zero-order valence-electron chi connectivity index (χ0n) is 16.0. The quantitative estimate of drug-likeness (QED) is 0.765. The maximum atomic E-state index is 13.1. The lowest BCUT2D eigenvalue weighted by Crippen LogP contribution is -2.26. The van der Waals surface area contributed by atoms with E-state index in [4.69, 9.17) is 14.2 Å². The molecule has 1 atom stereocenters. The lowest BCUT2D eigenvalue weighted by Gasteiger charge is -2.26. The maximum absolute atomic E-state index is 13.1. The molecular weight excluding hydrogens is 342 g/mol. The van der Waals surface area contributed by atoms with Crippen molar-refractivity contribution in [2.45, 2.75) is 44.8 Å². The van der Waals surface area contributed by atoms with E-state index < -0.39 is 0 Å². The predicted molar refractivity (Wildman–Crippen MR) is 104 cm³/mol. The van der Waals surface area contributed by atoms with Crippen LogP contribution in [0.25, 0.3) is 0 Å². The second-order valence-electron chi connectivity index (χ2n) is 7.14. The Bertz CT molecular complexity index is 857. The van der Waals surface area contributed by atoms with Crippen molar-refractivity contribution in [1.29, 1.82) is 0 Å². The molecule has 1 amide bonds. The van der Waals surface area contributed by atoms with Crippen molar-refractivity contribution < 1.29 is 19.0 Å². The van der Waals surface area contributed by atoms with Crippen LogP contribution in [0.15, 0.2) is 36.4 Å². The predicted octanol–water partition coefficient (Wildman–Crippen LogP) is 4.75. The molecule has 0 bridgehead atoms. The molecule has 142 valence electrons. The smallest absolute Gasteiger partial charge is 0.259 e. The molecule has 5 nitrogen and oxygen atoms in total. The number of methoxy groups -OCH3 is 2. The first kappa shape index (κ1) is 17.7. The van der Waals surface area contributed by atoms with E-state index in [1.54, 1.807) is 19.1 Å². The van der Waals surface area contributed by atoms with Gasteiger partial charge in [0.25, 0.3) is 5.91 Å². The summed E-state index contributed by atoms with van der Waals surface area (Å²) in [5.74, 6) is 1.86. The molecule has 1 saturated carbocycles. The standard InChI is InChI=1S/C22H25NO4/c1-14-16-10-6-7-11-17(16)22(24)23(14)18-12-21(27-15-8-4-5-9-15)20(26-3)13-19(18)25-2/h6-7,10-15H,4-5,8-9H2,1-3H3. The zero-order valence-corrected chi connectivity index (χ0v) is 16.0. The van der Waals surface area contributed by atoms with Gasteiger partial charge >= 0.3 is 0 Å². The van der Waals surface area contributed by atoms with Crippen molar-refractivity contribution in [1.82, 2.24) is 0 Å². The maximum Gasteiger partial charge on any atom is 0.259 e. The molecule has 2 aliphatic rings. The molecule has 0 spiro atoms. The van der Waals surface area contributed by atoms with Gasteiger partial charge in [-0.05, 0) is 44.2 Å². The van der Waals surface area contributed by atoms with Gasteiger partial charge in [0.2, 0.25) is 0 Å². The van der Waals surface area contributed by atoms with Gasteiger partial charge in [-0.15, -0.1) is 0 Å². The minimum absolute atomic E-state index is 0.0200. The van der Waals surface area contributed by atoms with Gasteiger partial charge in [-0.2, -0.15) is 0 Å². The summed E-state index contributed by atoms with van der Waals surface area (Å²) in [4.78, 5) is 14.9. The summed E-state index contributed by atoms with van der Waals surface area (Å²) in [5.41, 5.74) is 2.47. The Morgan fingerprint density at radius 2 is 1.67 bits per heavy atom. The van der Waals surface area contributed by atoms with Crippen LogP contribution in [0.4, 0.5) is 5.69 Å². The summed E-state index contributed by atoms with van der Waals surface area (Å²) in [5, 5.41) is 0. The van der Waals surface area contributed by atoms with Crippen LogP contribution in [0.5, 0.6) is 17.2 Å². The van der Waals surface area contributed by atoms with Crippen LogP contribution in [-0.4, -0.2) is 26.2 Å². The minimum atomic E-state index is -0.0738. The Hall–Kier alpha value is -2.69. The number of hydrogen-bond acceptors (Lipinski definition) is 4. The number of rotatable bonds is 5. The molecule has 2 aromatic carbocycles. The number of fused-ring (bicyclic) bond motifs is 1. The van der Waals surface area contributed by atoms with Gasteiger partial charge < -0.3 is 14.2 Å². The van der Waals surface area contributed by atoms with E-state index in [1.807, 2.05) is 43.3 Å². The molecule has 0 N–H and O–H groups in total. The van der Waals surface area contributed by atoms with Crippen LogP contribution in [-0.2, 0) is 0 Å². The first-order valence-corrected chi connectivity index (χ1v) is 9.49. The third-order valence-corrected chi connectivity index (χ3v) is 5.57. The van der Waals surface area contributed by atoms with Crippen molar-refractivity contribution in [3.63, 3.8) is 0 Å². The number of ether oxygens (including phenoxy) is 3. The molecule has 1 aliphatic heterocycles. The lowest BCUT2D eigenvalue weighted by molar-refractivity contribution is 0.0991. The van der Waals surface area contributed by atoms with Crippen molar-refractivity contribution in [3.8, 4) is 17.2 Å².